The Morgan fingerprint density at radius 3 is 2.67 bits per heavy atom. The summed E-state index contributed by atoms with van der Waals surface area (Å²) in [6.45, 7) is -1.74. The maximum Gasteiger partial charge on any atom is 0.422 e. The number of fused-ring (bicyclic) bond motifs is 1. The average Bonchev–Trinajstić information content (AvgIpc) is 2.59. The van der Waals surface area contributed by atoms with Gasteiger partial charge in [-0.3, -0.25) is 9.52 Å². The number of hydrogen-bond acceptors (Lipinski definition) is 5. The first-order valence-electron chi connectivity index (χ1n) is 7.52. The minimum Gasteiger partial charge on any atom is -0.482 e. The Kier molecular flexibility index (Phi) is 4.87. The highest BCUT2D eigenvalue weighted by Crippen LogP contribution is 2.32. The van der Waals surface area contributed by atoms with Gasteiger partial charge in [0.2, 0.25) is 0 Å². The Hall–Kier alpha value is -2.95. The molecule has 0 saturated carbocycles. The molecule has 0 bridgehead atoms. The van der Waals surface area contributed by atoms with E-state index >= 15 is 0 Å². The van der Waals surface area contributed by atoms with Crippen LogP contribution in [-0.4, -0.2) is 33.7 Å². The van der Waals surface area contributed by atoms with E-state index in [0.29, 0.717) is 5.75 Å². The van der Waals surface area contributed by atoms with Crippen LogP contribution in [0.2, 0.25) is 0 Å². The molecule has 1 amide bonds. The molecule has 0 aliphatic carbocycles. The molecule has 0 aromatic heterocycles. The van der Waals surface area contributed by atoms with Crippen molar-refractivity contribution in [2.75, 3.05) is 23.3 Å². The highest BCUT2D eigenvalue weighted by molar-refractivity contribution is 7.92. The number of alkyl halides is 3. The normalized spacial score (nSPS) is 14.0. The van der Waals surface area contributed by atoms with Gasteiger partial charge in [-0.1, -0.05) is 12.1 Å². The van der Waals surface area contributed by atoms with Gasteiger partial charge in [-0.25, -0.2) is 8.42 Å². The van der Waals surface area contributed by atoms with Gasteiger partial charge in [-0.2, -0.15) is 13.2 Å². The van der Waals surface area contributed by atoms with E-state index < -0.39 is 28.7 Å². The zero-order chi connectivity index (χ0) is 19.7. The topological polar surface area (TPSA) is 93.7 Å². The number of nitrogens with one attached hydrogen (secondary N) is 2. The fourth-order valence-corrected chi connectivity index (χ4v) is 3.37. The Labute approximate surface area is 152 Å². The number of carbonyl (C=O) groups excluding carboxylic acids is 1. The molecule has 11 heteroatoms. The third-order valence-electron chi connectivity index (χ3n) is 3.42. The van der Waals surface area contributed by atoms with Gasteiger partial charge in [0.05, 0.1) is 16.3 Å². The number of carbonyl (C=O) groups is 1. The number of rotatable bonds is 5. The van der Waals surface area contributed by atoms with E-state index in [1.165, 1.54) is 42.5 Å². The fraction of sp³-hybridized carbons (Fsp3) is 0.188. The Morgan fingerprint density at radius 1 is 1.19 bits per heavy atom. The fourth-order valence-electron chi connectivity index (χ4n) is 2.27. The van der Waals surface area contributed by atoms with E-state index in [1.807, 2.05) is 0 Å². The first-order chi connectivity index (χ1) is 12.6. The van der Waals surface area contributed by atoms with Crippen molar-refractivity contribution in [1.82, 2.24) is 0 Å². The number of hydrogen-bond donors (Lipinski definition) is 2. The molecule has 2 aromatic carbocycles. The Morgan fingerprint density at radius 2 is 1.93 bits per heavy atom. The predicted molar refractivity (Wildman–Crippen MR) is 89.4 cm³/mol. The molecule has 0 radical (unpaired) electrons. The highest BCUT2D eigenvalue weighted by Gasteiger charge is 2.29. The Bertz CT molecular complexity index is 976. The molecule has 1 heterocycles. The standard InChI is InChI=1S/C16H13F3N2O5S/c17-16(18,19)9-26-13-4-2-1-3-11(13)21-27(23,24)10-5-6-14-12(7-10)20-15(22)8-25-14/h1-7,21H,8-9H2,(H,20,22). The zero-order valence-electron chi connectivity index (χ0n) is 13.5. The molecule has 7 nitrogen and oxygen atoms in total. The number of ether oxygens (including phenoxy) is 2. The maximum absolute atomic E-state index is 12.6. The number of para-hydroxylation sites is 2. The van der Waals surface area contributed by atoms with Gasteiger partial charge < -0.3 is 14.8 Å². The summed E-state index contributed by atoms with van der Waals surface area (Å²) < 4.78 is 74.2. The van der Waals surface area contributed by atoms with E-state index in [-0.39, 0.29) is 28.6 Å². The summed E-state index contributed by atoms with van der Waals surface area (Å²) in [5.74, 6) is -0.397. The molecule has 27 heavy (non-hydrogen) atoms. The van der Waals surface area contributed by atoms with E-state index in [2.05, 4.69) is 14.8 Å². The summed E-state index contributed by atoms with van der Waals surface area (Å²) in [5, 5.41) is 2.48. The van der Waals surface area contributed by atoms with Gasteiger partial charge in [-0.15, -0.1) is 0 Å². The first kappa shape index (κ1) is 18.8. The van der Waals surface area contributed by atoms with Crippen LogP contribution in [0.4, 0.5) is 24.5 Å². The largest absolute Gasteiger partial charge is 0.482 e. The third-order valence-corrected chi connectivity index (χ3v) is 4.78. The highest BCUT2D eigenvalue weighted by atomic mass is 32.2. The molecule has 144 valence electrons. The summed E-state index contributed by atoms with van der Waals surface area (Å²) >= 11 is 0. The SMILES string of the molecule is O=C1COc2ccc(S(=O)(=O)Nc3ccccc3OCC(F)(F)F)cc2N1. The zero-order valence-corrected chi connectivity index (χ0v) is 14.4. The summed E-state index contributed by atoms with van der Waals surface area (Å²) in [4.78, 5) is 11.2. The lowest BCUT2D eigenvalue weighted by atomic mass is 10.2. The lowest BCUT2D eigenvalue weighted by Gasteiger charge is -2.19. The molecule has 1 aliphatic heterocycles. The minimum atomic E-state index is -4.57. The van der Waals surface area contributed by atoms with Crippen LogP contribution in [0.3, 0.4) is 0 Å². The van der Waals surface area contributed by atoms with Crippen LogP contribution in [0.1, 0.15) is 0 Å². The summed E-state index contributed by atoms with van der Waals surface area (Å²) in [7, 11) is -4.16. The van der Waals surface area contributed by atoms with Crippen molar-refractivity contribution in [2.45, 2.75) is 11.1 Å². The van der Waals surface area contributed by atoms with E-state index in [9.17, 15) is 26.4 Å². The Balaban J connectivity index is 1.85. The number of amides is 1. The quantitative estimate of drug-likeness (QED) is 0.802. The van der Waals surface area contributed by atoms with Crippen molar-refractivity contribution in [3.63, 3.8) is 0 Å². The second-order valence-corrected chi connectivity index (χ2v) is 7.18. The maximum atomic E-state index is 12.6. The summed E-state index contributed by atoms with van der Waals surface area (Å²) in [6.07, 6.45) is -4.57. The van der Waals surface area contributed by atoms with Crippen LogP contribution in [0.5, 0.6) is 11.5 Å². The van der Waals surface area contributed by atoms with Crippen molar-refractivity contribution < 1.29 is 35.9 Å². The number of anilines is 2. The second-order valence-electron chi connectivity index (χ2n) is 5.50. The van der Waals surface area contributed by atoms with Crippen LogP contribution in [0, 0.1) is 0 Å². The van der Waals surface area contributed by atoms with Crippen LogP contribution < -0.4 is 19.5 Å². The second kappa shape index (κ2) is 6.99. The van der Waals surface area contributed by atoms with Crippen molar-refractivity contribution in [1.29, 1.82) is 0 Å². The molecule has 3 rings (SSSR count). The third kappa shape index (κ3) is 4.61. The van der Waals surface area contributed by atoms with E-state index in [1.54, 1.807) is 0 Å². The van der Waals surface area contributed by atoms with Gasteiger partial charge in [0, 0.05) is 0 Å². The van der Waals surface area contributed by atoms with Crippen LogP contribution in [-0.2, 0) is 14.8 Å². The van der Waals surface area contributed by atoms with E-state index in [4.69, 9.17) is 4.74 Å². The van der Waals surface area contributed by atoms with Gasteiger partial charge in [0.15, 0.2) is 13.2 Å². The van der Waals surface area contributed by atoms with Crippen molar-refractivity contribution in [3.05, 3.63) is 42.5 Å². The number of benzene rings is 2. The van der Waals surface area contributed by atoms with Crippen LogP contribution in [0.25, 0.3) is 0 Å². The van der Waals surface area contributed by atoms with Gasteiger partial charge >= 0.3 is 6.18 Å². The van der Waals surface area contributed by atoms with Crippen molar-refractivity contribution in [2.24, 2.45) is 0 Å². The molecule has 2 aromatic rings. The molecule has 1 aliphatic rings. The lowest BCUT2D eigenvalue weighted by molar-refractivity contribution is -0.153. The number of sulfonamides is 1. The minimum absolute atomic E-state index is 0.153. The molecule has 0 unspecified atom stereocenters. The predicted octanol–water partition coefficient (Wildman–Crippen LogP) is 2.76. The first-order valence-corrected chi connectivity index (χ1v) is 9.00. The van der Waals surface area contributed by atoms with E-state index in [0.717, 1.165) is 0 Å². The van der Waals surface area contributed by atoms with Crippen molar-refractivity contribution in [3.8, 4) is 11.5 Å². The molecular weight excluding hydrogens is 389 g/mol. The summed E-state index contributed by atoms with van der Waals surface area (Å²) in [6, 6.07) is 9.15. The molecule has 0 saturated heterocycles. The van der Waals surface area contributed by atoms with Crippen LogP contribution >= 0.6 is 0 Å². The van der Waals surface area contributed by atoms with Crippen LogP contribution in [0.15, 0.2) is 47.4 Å². The number of halogens is 3. The van der Waals surface area contributed by atoms with Gasteiger partial charge in [0.25, 0.3) is 15.9 Å². The van der Waals surface area contributed by atoms with Gasteiger partial charge in [-0.05, 0) is 30.3 Å². The van der Waals surface area contributed by atoms with Gasteiger partial charge in [0.1, 0.15) is 11.5 Å². The molecular formula is C16H13F3N2O5S. The lowest BCUT2D eigenvalue weighted by Crippen LogP contribution is -2.25. The molecule has 2 N–H and O–H groups in total. The van der Waals surface area contributed by atoms with Crippen molar-refractivity contribution >= 4 is 27.3 Å². The molecule has 0 atom stereocenters. The average molecular weight is 402 g/mol. The summed E-state index contributed by atoms with van der Waals surface area (Å²) in [5.41, 5.74) is 0.0236. The smallest absolute Gasteiger partial charge is 0.422 e. The molecule has 0 spiro atoms. The monoisotopic (exact) mass is 402 g/mol. The molecule has 0 fully saturated rings.